The van der Waals surface area contributed by atoms with Crippen LogP contribution >= 0.6 is 0 Å². The highest BCUT2D eigenvalue weighted by molar-refractivity contribution is 5.41. The summed E-state index contributed by atoms with van der Waals surface area (Å²) in [6.45, 7) is 14.3. The minimum Gasteiger partial charge on any atom is -0.366 e. The molecule has 1 saturated heterocycles. The van der Waals surface area contributed by atoms with E-state index in [-0.39, 0.29) is 11.2 Å². The molecule has 0 unspecified atom stereocenters. The van der Waals surface area contributed by atoms with Crippen LogP contribution in [0.3, 0.4) is 0 Å². The van der Waals surface area contributed by atoms with Crippen LogP contribution < -0.4 is 10.2 Å². The molecular weight excluding hydrogens is 250 g/mol. The SMILES string of the molecule is CCNCc1ccc(N2CC(C)(C)OC(C)(C)C2)nc1. The van der Waals surface area contributed by atoms with E-state index in [2.05, 4.69) is 62.0 Å². The number of nitrogens with zero attached hydrogens (tertiary/aromatic N) is 2. The van der Waals surface area contributed by atoms with E-state index < -0.39 is 0 Å². The third kappa shape index (κ3) is 3.93. The number of rotatable bonds is 4. The fourth-order valence-corrected chi connectivity index (χ4v) is 2.93. The Hall–Kier alpha value is -1.13. The largest absolute Gasteiger partial charge is 0.366 e. The zero-order valence-corrected chi connectivity index (χ0v) is 13.4. The lowest BCUT2D eigenvalue weighted by molar-refractivity contribution is -0.133. The van der Waals surface area contributed by atoms with Crippen LogP contribution in [0.4, 0.5) is 5.82 Å². The smallest absolute Gasteiger partial charge is 0.128 e. The number of ether oxygens (including phenoxy) is 1. The van der Waals surface area contributed by atoms with E-state index in [0.717, 1.165) is 32.0 Å². The maximum absolute atomic E-state index is 6.11. The van der Waals surface area contributed by atoms with Crippen LogP contribution in [0.1, 0.15) is 40.2 Å². The second-order valence-corrected chi connectivity index (χ2v) is 6.78. The Labute approximate surface area is 122 Å². The second-order valence-electron chi connectivity index (χ2n) is 6.78. The molecule has 4 heteroatoms. The van der Waals surface area contributed by atoms with Crippen LogP contribution in [0, 0.1) is 0 Å². The van der Waals surface area contributed by atoms with Crippen molar-refractivity contribution in [2.24, 2.45) is 0 Å². The lowest BCUT2D eigenvalue weighted by atomic mass is 9.99. The van der Waals surface area contributed by atoms with E-state index >= 15 is 0 Å². The van der Waals surface area contributed by atoms with Crippen molar-refractivity contribution in [1.82, 2.24) is 10.3 Å². The summed E-state index contributed by atoms with van der Waals surface area (Å²) in [5, 5.41) is 3.32. The van der Waals surface area contributed by atoms with Gasteiger partial charge in [-0.05, 0) is 45.9 Å². The van der Waals surface area contributed by atoms with Gasteiger partial charge in [0.05, 0.1) is 11.2 Å². The minimum absolute atomic E-state index is 0.147. The number of hydrogen-bond acceptors (Lipinski definition) is 4. The topological polar surface area (TPSA) is 37.4 Å². The summed E-state index contributed by atoms with van der Waals surface area (Å²) in [5.74, 6) is 1.04. The summed E-state index contributed by atoms with van der Waals surface area (Å²) < 4.78 is 6.11. The van der Waals surface area contributed by atoms with Crippen LogP contribution in [0.15, 0.2) is 18.3 Å². The molecule has 0 bridgehead atoms. The highest BCUT2D eigenvalue weighted by Crippen LogP contribution is 2.30. The summed E-state index contributed by atoms with van der Waals surface area (Å²) in [5.41, 5.74) is 0.931. The monoisotopic (exact) mass is 277 g/mol. The number of morpholine rings is 1. The van der Waals surface area contributed by atoms with E-state index in [4.69, 9.17) is 4.74 Å². The molecule has 1 N–H and O–H groups in total. The van der Waals surface area contributed by atoms with Gasteiger partial charge in [-0.2, -0.15) is 0 Å². The van der Waals surface area contributed by atoms with Crippen molar-refractivity contribution in [3.05, 3.63) is 23.9 Å². The maximum Gasteiger partial charge on any atom is 0.128 e. The molecule has 2 rings (SSSR count). The lowest BCUT2D eigenvalue weighted by Crippen LogP contribution is -2.57. The van der Waals surface area contributed by atoms with Gasteiger partial charge in [-0.25, -0.2) is 4.98 Å². The van der Waals surface area contributed by atoms with Gasteiger partial charge in [-0.1, -0.05) is 13.0 Å². The molecule has 1 aliphatic heterocycles. The van der Waals surface area contributed by atoms with Gasteiger partial charge >= 0.3 is 0 Å². The summed E-state index contributed by atoms with van der Waals surface area (Å²) in [6.07, 6.45) is 1.97. The van der Waals surface area contributed by atoms with Gasteiger partial charge in [0.2, 0.25) is 0 Å². The molecule has 2 heterocycles. The molecule has 0 saturated carbocycles. The molecular formula is C16H27N3O. The van der Waals surface area contributed by atoms with E-state index in [1.807, 2.05) is 6.20 Å². The van der Waals surface area contributed by atoms with Gasteiger partial charge in [0.25, 0.3) is 0 Å². The first-order valence-corrected chi connectivity index (χ1v) is 7.42. The molecule has 0 radical (unpaired) electrons. The van der Waals surface area contributed by atoms with Crippen LogP contribution in [-0.4, -0.2) is 35.8 Å². The highest BCUT2D eigenvalue weighted by Gasteiger charge is 2.38. The second kappa shape index (κ2) is 5.70. The summed E-state index contributed by atoms with van der Waals surface area (Å²) in [6, 6.07) is 4.27. The van der Waals surface area contributed by atoms with E-state index in [1.54, 1.807) is 0 Å². The van der Waals surface area contributed by atoms with Crippen molar-refractivity contribution in [2.45, 2.75) is 52.4 Å². The van der Waals surface area contributed by atoms with E-state index in [0.29, 0.717) is 0 Å². The van der Waals surface area contributed by atoms with Crippen molar-refractivity contribution in [3.63, 3.8) is 0 Å². The van der Waals surface area contributed by atoms with Gasteiger partial charge in [-0.3, -0.25) is 0 Å². The first-order valence-electron chi connectivity index (χ1n) is 7.42. The highest BCUT2D eigenvalue weighted by atomic mass is 16.5. The molecule has 0 amide bonds. The number of hydrogen-bond donors (Lipinski definition) is 1. The average molecular weight is 277 g/mol. The minimum atomic E-state index is -0.147. The van der Waals surface area contributed by atoms with Gasteiger partial charge in [0.1, 0.15) is 5.82 Å². The number of pyridine rings is 1. The molecule has 0 atom stereocenters. The predicted octanol–water partition coefficient (Wildman–Crippen LogP) is 2.58. The fourth-order valence-electron chi connectivity index (χ4n) is 2.93. The van der Waals surface area contributed by atoms with Crippen molar-refractivity contribution in [2.75, 3.05) is 24.5 Å². The maximum atomic E-state index is 6.11. The number of anilines is 1. The Balaban J connectivity index is 2.10. The first-order chi connectivity index (χ1) is 9.31. The number of nitrogens with one attached hydrogen (secondary N) is 1. The average Bonchev–Trinajstić information content (AvgIpc) is 2.33. The Kier molecular flexibility index (Phi) is 4.35. The van der Waals surface area contributed by atoms with Crippen molar-refractivity contribution < 1.29 is 4.74 Å². The third-order valence-electron chi connectivity index (χ3n) is 3.41. The molecule has 4 nitrogen and oxygen atoms in total. The quantitative estimate of drug-likeness (QED) is 0.918. The zero-order chi connectivity index (χ0) is 14.8. The van der Waals surface area contributed by atoms with Crippen LogP contribution in [0.5, 0.6) is 0 Å². The summed E-state index contributed by atoms with van der Waals surface area (Å²) >= 11 is 0. The summed E-state index contributed by atoms with van der Waals surface area (Å²) in [7, 11) is 0. The molecule has 1 aromatic rings. The van der Waals surface area contributed by atoms with Gasteiger partial charge in [0, 0.05) is 25.8 Å². The third-order valence-corrected chi connectivity index (χ3v) is 3.41. The molecule has 112 valence electrons. The molecule has 1 aliphatic rings. The van der Waals surface area contributed by atoms with Crippen molar-refractivity contribution >= 4 is 5.82 Å². The Morgan fingerprint density at radius 1 is 1.20 bits per heavy atom. The molecule has 0 aromatic carbocycles. The van der Waals surface area contributed by atoms with Crippen molar-refractivity contribution in [1.29, 1.82) is 0 Å². The number of aromatic nitrogens is 1. The standard InChI is InChI=1S/C16H27N3O/c1-6-17-9-13-7-8-14(18-10-13)19-11-15(2,3)20-16(4,5)12-19/h7-8,10,17H,6,9,11-12H2,1-5H3. The van der Waals surface area contributed by atoms with Crippen LogP contribution in [-0.2, 0) is 11.3 Å². The van der Waals surface area contributed by atoms with Gasteiger partial charge < -0.3 is 15.0 Å². The first kappa shape index (κ1) is 15.3. The van der Waals surface area contributed by atoms with Gasteiger partial charge in [0.15, 0.2) is 0 Å². The normalized spacial score (nSPS) is 20.9. The van der Waals surface area contributed by atoms with E-state index in [9.17, 15) is 0 Å². The van der Waals surface area contributed by atoms with Crippen LogP contribution in [0.25, 0.3) is 0 Å². The Morgan fingerprint density at radius 2 is 1.85 bits per heavy atom. The van der Waals surface area contributed by atoms with Gasteiger partial charge in [-0.15, -0.1) is 0 Å². The molecule has 1 aromatic heterocycles. The zero-order valence-electron chi connectivity index (χ0n) is 13.4. The van der Waals surface area contributed by atoms with Crippen molar-refractivity contribution in [3.8, 4) is 0 Å². The fraction of sp³-hybridized carbons (Fsp3) is 0.688. The lowest BCUT2D eigenvalue weighted by Gasteiger charge is -2.47. The molecule has 0 aliphatic carbocycles. The Morgan fingerprint density at radius 3 is 2.35 bits per heavy atom. The van der Waals surface area contributed by atoms with E-state index in [1.165, 1.54) is 5.56 Å². The Bertz CT molecular complexity index is 424. The molecule has 0 spiro atoms. The summed E-state index contributed by atoms with van der Waals surface area (Å²) in [4.78, 5) is 6.94. The molecule has 20 heavy (non-hydrogen) atoms. The van der Waals surface area contributed by atoms with Crippen LogP contribution in [0.2, 0.25) is 0 Å². The molecule has 1 fully saturated rings. The predicted molar refractivity (Wildman–Crippen MR) is 83.1 cm³/mol.